The minimum Gasteiger partial charge on any atom is -0.388 e. The van der Waals surface area contributed by atoms with Gasteiger partial charge in [0, 0.05) is 12.7 Å². The van der Waals surface area contributed by atoms with Crippen molar-refractivity contribution in [1.29, 1.82) is 0 Å². The van der Waals surface area contributed by atoms with Crippen LogP contribution in [0.15, 0.2) is 82.0 Å². The lowest BCUT2D eigenvalue weighted by molar-refractivity contribution is -0.0375. The Labute approximate surface area is 242 Å². The van der Waals surface area contributed by atoms with Crippen LogP contribution < -0.4 is 5.76 Å². The van der Waals surface area contributed by atoms with E-state index in [0.717, 1.165) is 59.9 Å². The van der Waals surface area contributed by atoms with Crippen LogP contribution in [0.1, 0.15) is 72.9 Å². The molecule has 2 aromatic heterocycles. The van der Waals surface area contributed by atoms with Crippen LogP contribution in [-0.4, -0.2) is 26.6 Å². The first-order valence-electron chi connectivity index (χ1n) is 14.6. The van der Waals surface area contributed by atoms with E-state index in [2.05, 4.69) is 57.8 Å². The van der Waals surface area contributed by atoms with E-state index in [0.29, 0.717) is 17.9 Å². The molecule has 0 radical (unpaired) electrons. The fourth-order valence-corrected chi connectivity index (χ4v) is 6.01. The number of rotatable bonds is 7. The maximum Gasteiger partial charge on any atom is 0.434 e. The second-order valence-corrected chi connectivity index (χ2v) is 11.0. The summed E-state index contributed by atoms with van der Waals surface area (Å²) in [6.07, 6.45) is 9.59. The highest BCUT2D eigenvalue weighted by atomic mass is 19.1. The molecule has 1 aliphatic heterocycles. The molecule has 3 heterocycles. The molecule has 2 aliphatic rings. The summed E-state index contributed by atoms with van der Waals surface area (Å²) in [7, 11) is 0. The Morgan fingerprint density at radius 1 is 0.905 bits per heavy atom. The molecule has 1 unspecified atom stereocenters. The summed E-state index contributed by atoms with van der Waals surface area (Å²) in [5.41, 5.74) is 7.25. The van der Waals surface area contributed by atoms with Gasteiger partial charge in [0.1, 0.15) is 0 Å². The molecule has 7 nitrogen and oxygen atoms in total. The molecule has 3 aromatic carbocycles. The molecule has 212 valence electrons. The van der Waals surface area contributed by atoms with Crippen LogP contribution in [0, 0.1) is 11.9 Å². The lowest BCUT2D eigenvalue weighted by Crippen LogP contribution is -2.19. The molecule has 7 rings (SSSR count). The van der Waals surface area contributed by atoms with Gasteiger partial charge in [-0.15, -0.1) is 10.2 Å². The van der Waals surface area contributed by atoms with E-state index >= 15 is 4.39 Å². The monoisotopic (exact) mass is 562 g/mol. The highest BCUT2D eigenvalue weighted by Gasteiger charge is 2.28. The maximum absolute atomic E-state index is 15.4. The Kier molecular flexibility index (Phi) is 7.13. The van der Waals surface area contributed by atoms with Crippen molar-refractivity contribution in [3.8, 4) is 0 Å². The van der Waals surface area contributed by atoms with Crippen molar-refractivity contribution in [2.45, 2.75) is 44.8 Å². The second kappa shape index (κ2) is 11.4. The van der Waals surface area contributed by atoms with Crippen LogP contribution >= 0.6 is 0 Å². The van der Waals surface area contributed by atoms with Gasteiger partial charge >= 0.3 is 5.76 Å². The highest BCUT2D eigenvalue weighted by Crippen LogP contribution is 2.45. The minimum absolute atomic E-state index is 0.218. The van der Waals surface area contributed by atoms with E-state index in [-0.39, 0.29) is 12.1 Å². The number of H-pyrrole nitrogens is 1. The van der Waals surface area contributed by atoms with Crippen molar-refractivity contribution in [2.24, 2.45) is 5.92 Å². The molecule has 0 spiro atoms. The molecular weight excluding hydrogens is 531 g/mol. The van der Waals surface area contributed by atoms with Crippen LogP contribution in [0.2, 0.25) is 0 Å². The summed E-state index contributed by atoms with van der Waals surface area (Å²) < 4.78 is 28.0. The van der Waals surface area contributed by atoms with E-state index < -0.39 is 11.7 Å². The van der Waals surface area contributed by atoms with Crippen molar-refractivity contribution >= 4 is 34.2 Å². The summed E-state index contributed by atoms with van der Waals surface area (Å²) in [6.45, 7) is 0.668. The lowest BCUT2D eigenvalue weighted by atomic mass is 9.73. The fraction of sp³-hybridized carbons (Fsp3) is 0.265. The van der Waals surface area contributed by atoms with Gasteiger partial charge in [0.25, 0.3) is 0 Å². The summed E-state index contributed by atoms with van der Waals surface area (Å²) >= 11 is 0. The van der Waals surface area contributed by atoms with Crippen molar-refractivity contribution in [3.63, 3.8) is 0 Å². The largest absolute Gasteiger partial charge is 0.434 e. The van der Waals surface area contributed by atoms with Crippen molar-refractivity contribution in [3.05, 3.63) is 117 Å². The van der Waals surface area contributed by atoms with Crippen molar-refractivity contribution in [2.75, 3.05) is 6.61 Å². The van der Waals surface area contributed by atoms with E-state index in [4.69, 9.17) is 9.15 Å². The van der Waals surface area contributed by atoms with Gasteiger partial charge in [-0.25, -0.2) is 14.6 Å². The lowest BCUT2D eigenvalue weighted by Gasteiger charge is -2.31. The maximum atomic E-state index is 15.4. The normalized spacial score (nSPS) is 18.4. The van der Waals surface area contributed by atoms with E-state index in [1.807, 2.05) is 36.4 Å². The number of hydrogen-bond acceptors (Lipinski definition) is 5. The van der Waals surface area contributed by atoms with Crippen LogP contribution in [0.5, 0.6) is 0 Å². The highest BCUT2D eigenvalue weighted by molar-refractivity contribution is 6.01. The van der Waals surface area contributed by atoms with Crippen LogP contribution in [0.3, 0.4) is 0 Å². The first-order valence-corrected chi connectivity index (χ1v) is 14.6. The number of ether oxygens (including phenoxy) is 1. The molecule has 5 aromatic rings. The predicted octanol–water partition coefficient (Wildman–Crippen LogP) is 7.48. The standard InChI is InChI=1S/C34H31FN4O3/c35-33-27-21-26(17-18-28(27)39(38-33)30-11-4-5-20-41-30)32(31(24-9-6-10-24)23-7-2-1-3-8-23)25-15-12-22(13-16-25)14-19-29-36-37-34(40)42-29/h1-3,7-8,12-19,21,24,30H,4-6,9-11,20H2,(H,37,40)/b19-14?,32-31-. The average molecular weight is 563 g/mol. The molecule has 1 atom stereocenters. The number of benzene rings is 3. The Balaban J connectivity index is 1.35. The Bertz CT molecular complexity index is 1820. The van der Waals surface area contributed by atoms with Gasteiger partial charge in [0.05, 0.1) is 10.9 Å². The Morgan fingerprint density at radius 3 is 2.40 bits per heavy atom. The molecule has 1 aliphatic carbocycles. The smallest absolute Gasteiger partial charge is 0.388 e. The number of hydrogen-bond donors (Lipinski definition) is 1. The number of aromatic amines is 1. The summed E-state index contributed by atoms with van der Waals surface area (Å²) in [5.74, 6) is -0.427. The molecule has 0 bridgehead atoms. The van der Waals surface area contributed by atoms with Gasteiger partial charge in [-0.3, -0.25) is 0 Å². The first kappa shape index (κ1) is 26.3. The SMILES string of the molecule is O=c1[nH]nc(C=Cc2ccc(/C(=C(\c3ccccc3)C3CCC3)c3ccc4c(c3)c(F)nn4C3CCCCO3)cc2)o1. The first-order chi connectivity index (χ1) is 20.6. The Hall–Kier alpha value is -4.56. The number of halogens is 1. The van der Waals surface area contributed by atoms with Gasteiger partial charge < -0.3 is 9.15 Å². The quantitative estimate of drug-likeness (QED) is 0.208. The zero-order chi connectivity index (χ0) is 28.5. The van der Waals surface area contributed by atoms with E-state index in [1.54, 1.807) is 10.8 Å². The Morgan fingerprint density at radius 2 is 1.71 bits per heavy atom. The van der Waals surface area contributed by atoms with Crippen LogP contribution in [0.25, 0.3) is 34.2 Å². The topological polar surface area (TPSA) is 85.9 Å². The molecule has 8 heteroatoms. The second-order valence-electron chi connectivity index (χ2n) is 11.0. The van der Waals surface area contributed by atoms with Gasteiger partial charge in [0.15, 0.2) is 6.23 Å². The molecule has 42 heavy (non-hydrogen) atoms. The number of nitrogens with zero attached hydrogens (tertiary/aromatic N) is 3. The zero-order valence-electron chi connectivity index (χ0n) is 23.1. The molecule has 2 fully saturated rings. The fourth-order valence-electron chi connectivity index (χ4n) is 6.01. The third-order valence-corrected chi connectivity index (χ3v) is 8.32. The minimum atomic E-state index is -0.588. The molecular formula is C34H31FN4O3. The molecule has 1 saturated heterocycles. The van der Waals surface area contributed by atoms with E-state index in [9.17, 15) is 4.79 Å². The zero-order valence-corrected chi connectivity index (χ0v) is 23.1. The van der Waals surface area contributed by atoms with Gasteiger partial charge in [-0.2, -0.15) is 4.39 Å². The molecule has 1 N–H and O–H groups in total. The summed E-state index contributed by atoms with van der Waals surface area (Å²) in [5, 5.41) is 10.9. The van der Waals surface area contributed by atoms with Crippen molar-refractivity contribution in [1.82, 2.24) is 20.0 Å². The van der Waals surface area contributed by atoms with Crippen LogP contribution in [0.4, 0.5) is 4.39 Å². The third-order valence-electron chi connectivity index (χ3n) is 8.32. The van der Waals surface area contributed by atoms with Gasteiger partial charge in [-0.05, 0) is 89.6 Å². The molecule has 1 saturated carbocycles. The summed E-state index contributed by atoms with van der Waals surface area (Å²) in [4.78, 5) is 11.2. The van der Waals surface area contributed by atoms with Gasteiger partial charge in [0.2, 0.25) is 11.8 Å². The summed E-state index contributed by atoms with van der Waals surface area (Å²) in [6, 6.07) is 24.8. The number of aromatic nitrogens is 4. The average Bonchev–Trinajstić information content (AvgIpc) is 3.58. The number of fused-ring (bicyclic) bond motifs is 1. The molecule has 0 amide bonds. The van der Waals surface area contributed by atoms with Crippen molar-refractivity contribution < 1.29 is 13.5 Å². The van der Waals surface area contributed by atoms with Crippen LogP contribution in [-0.2, 0) is 4.74 Å². The predicted molar refractivity (Wildman–Crippen MR) is 161 cm³/mol. The number of allylic oxidation sites excluding steroid dienone is 1. The van der Waals surface area contributed by atoms with E-state index in [1.165, 1.54) is 17.6 Å². The number of nitrogens with one attached hydrogen (secondary N) is 1. The van der Waals surface area contributed by atoms with Gasteiger partial charge in [-0.1, -0.05) is 67.1 Å². The third kappa shape index (κ3) is 5.14.